The van der Waals surface area contributed by atoms with Crippen molar-refractivity contribution in [1.29, 1.82) is 0 Å². The van der Waals surface area contributed by atoms with Gasteiger partial charge in [-0.15, -0.1) is 0 Å². The van der Waals surface area contributed by atoms with Crippen LogP contribution in [0, 0.1) is 6.92 Å². The van der Waals surface area contributed by atoms with Crippen LogP contribution < -0.4 is 10.6 Å². The molecule has 3 N–H and O–H groups in total. The van der Waals surface area contributed by atoms with Crippen LogP contribution >= 0.6 is 0 Å². The highest BCUT2D eigenvalue weighted by molar-refractivity contribution is 5.74. The molecule has 1 aromatic heterocycles. The van der Waals surface area contributed by atoms with Crippen molar-refractivity contribution in [3.05, 3.63) is 11.3 Å². The van der Waals surface area contributed by atoms with E-state index in [9.17, 15) is 4.79 Å². The van der Waals surface area contributed by atoms with Crippen LogP contribution in [-0.4, -0.2) is 53.2 Å². The topological polar surface area (TPSA) is 93.6 Å². The number of aryl methyl sites for hydroxylation is 2. The van der Waals surface area contributed by atoms with Gasteiger partial charge in [0.15, 0.2) is 0 Å². The Bertz CT molecular complexity index is 466. The first-order valence-corrected chi connectivity index (χ1v) is 6.34. The lowest BCUT2D eigenvalue weighted by Crippen LogP contribution is -2.39. The highest BCUT2D eigenvalue weighted by atomic mass is 16.5. The Kier molecular flexibility index (Phi) is 4.06. The number of carbonyl (C=O) groups is 1. The smallest absolute Gasteiger partial charge is 0.320 e. The molecule has 0 saturated carbocycles. The van der Waals surface area contributed by atoms with Gasteiger partial charge in [0, 0.05) is 32.1 Å². The summed E-state index contributed by atoms with van der Waals surface area (Å²) in [5.74, 6) is -0.0336. The normalized spacial score (nSPS) is 17.5. The fraction of sp³-hybridized carbons (Fsp3) is 0.667. The van der Waals surface area contributed by atoms with Crippen molar-refractivity contribution in [2.75, 3.05) is 31.2 Å². The Hall–Kier alpha value is -1.60. The molecule has 7 nitrogen and oxygen atoms in total. The Balaban J connectivity index is 2.28. The molecule has 1 aromatic rings. The Morgan fingerprint density at radius 3 is 2.74 bits per heavy atom. The number of hydrogen-bond acceptors (Lipinski definition) is 5. The van der Waals surface area contributed by atoms with E-state index in [2.05, 4.69) is 10.00 Å². The standard InChI is InChI=1S/C12H20N4O3/c1-8-9(7-10(13)12(17)18)11(15(2)14-8)16-3-5-19-6-4-16/h10H,3-7,13H2,1-2H3,(H,17,18). The number of morpholine rings is 1. The lowest BCUT2D eigenvalue weighted by atomic mass is 10.1. The van der Waals surface area contributed by atoms with Gasteiger partial charge in [-0.25, -0.2) is 0 Å². The van der Waals surface area contributed by atoms with Gasteiger partial charge in [-0.2, -0.15) is 5.10 Å². The summed E-state index contributed by atoms with van der Waals surface area (Å²) in [6, 6.07) is -0.900. The summed E-state index contributed by atoms with van der Waals surface area (Å²) in [5, 5.41) is 13.3. The average Bonchev–Trinajstić information content (AvgIpc) is 2.65. The molecular weight excluding hydrogens is 248 g/mol. The van der Waals surface area contributed by atoms with Gasteiger partial charge >= 0.3 is 5.97 Å². The molecule has 1 atom stereocenters. The number of hydrogen-bond donors (Lipinski definition) is 2. The third-order valence-electron chi connectivity index (χ3n) is 3.37. The number of aromatic nitrogens is 2. The summed E-state index contributed by atoms with van der Waals surface area (Å²) in [4.78, 5) is 13.1. The summed E-state index contributed by atoms with van der Waals surface area (Å²) in [6.07, 6.45) is 0.293. The predicted octanol–water partition coefficient (Wildman–Crippen LogP) is -0.480. The molecule has 7 heteroatoms. The maximum Gasteiger partial charge on any atom is 0.320 e. The number of ether oxygens (including phenoxy) is 1. The molecule has 0 bridgehead atoms. The maximum absolute atomic E-state index is 10.9. The fourth-order valence-electron chi connectivity index (χ4n) is 2.41. The van der Waals surface area contributed by atoms with E-state index in [1.165, 1.54) is 0 Å². The Morgan fingerprint density at radius 2 is 2.16 bits per heavy atom. The summed E-state index contributed by atoms with van der Waals surface area (Å²) >= 11 is 0. The largest absolute Gasteiger partial charge is 0.480 e. The summed E-state index contributed by atoms with van der Waals surface area (Å²) in [6.45, 7) is 4.81. The highest BCUT2D eigenvalue weighted by Crippen LogP contribution is 2.25. The third kappa shape index (κ3) is 2.87. The molecule has 0 radical (unpaired) electrons. The molecule has 2 heterocycles. The van der Waals surface area contributed by atoms with Gasteiger partial charge in [0.1, 0.15) is 11.9 Å². The monoisotopic (exact) mass is 268 g/mol. The highest BCUT2D eigenvalue weighted by Gasteiger charge is 2.24. The van der Waals surface area contributed by atoms with E-state index in [4.69, 9.17) is 15.6 Å². The molecule has 0 aliphatic carbocycles. The van der Waals surface area contributed by atoms with E-state index >= 15 is 0 Å². The summed E-state index contributed by atoms with van der Waals surface area (Å²) < 4.78 is 7.13. The Morgan fingerprint density at radius 1 is 1.53 bits per heavy atom. The van der Waals surface area contributed by atoms with Crippen molar-refractivity contribution in [1.82, 2.24) is 9.78 Å². The molecule has 0 aromatic carbocycles. The zero-order valence-corrected chi connectivity index (χ0v) is 11.3. The van der Waals surface area contributed by atoms with Crippen LogP contribution in [0.2, 0.25) is 0 Å². The van der Waals surface area contributed by atoms with Crippen LogP contribution in [0.15, 0.2) is 0 Å². The van der Waals surface area contributed by atoms with Gasteiger partial charge in [0.2, 0.25) is 0 Å². The zero-order valence-electron chi connectivity index (χ0n) is 11.3. The van der Waals surface area contributed by atoms with E-state index in [0.717, 1.165) is 30.2 Å². The predicted molar refractivity (Wildman–Crippen MR) is 70.3 cm³/mol. The van der Waals surface area contributed by atoms with Gasteiger partial charge in [0.25, 0.3) is 0 Å². The minimum Gasteiger partial charge on any atom is -0.480 e. The maximum atomic E-state index is 10.9. The molecule has 1 aliphatic rings. The van der Waals surface area contributed by atoms with Gasteiger partial charge in [-0.1, -0.05) is 0 Å². The molecule has 106 valence electrons. The first-order chi connectivity index (χ1) is 9.00. The van der Waals surface area contributed by atoms with Crippen LogP contribution in [0.4, 0.5) is 5.82 Å². The fourth-order valence-corrected chi connectivity index (χ4v) is 2.41. The summed E-state index contributed by atoms with van der Waals surface area (Å²) in [5.41, 5.74) is 7.40. The molecule has 0 amide bonds. The van der Waals surface area contributed by atoms with Gasteiger partial charge in [0.05, 0.1) is 18.9 Å². The van der Waals surface area contributed by atoms with Crippen LogP contribution in [0.1, 0.15) is 11.3 Å². The number of carboxylic acid groups (broad SMARTS) is 1. The van der Waals surface area contributed by atoms with Crippen molar-refractivity contribution < 1.29 is 14.6 Å². The Labute approximate surface area is 111 Å². The van der Waals surface area contributed by atoms with Gasteiger partial charge in [-0.3, -0.25) is 9.48 Å². The average molecular weight is 268 g/mol. The number of nitrogens with two attached hydrogens (primary N) is 1. The molecule has 1 fully saturated rings. The van der Waals surface area contributed by atoms with Crippen LogP contribution in [0.3, 0.4) is 0 Å². The molecule has 2 rings (SSSR count). The molecule has 0 spiro atoms. The second-order valence-electron chi connectivity index (χ2n) is 4.76. The first-order valence-electron chi connectivity index (χ1n) is 6.34. The molecule has 1 unspecified atom stereocenters. The lowest BCUT2D eigenvalue weighted by Gasteiger charge is -2.29. The van der Waals surface area contributed by atoms with E-state index < -0.39 is 12.0 Å². The van der Waals surface area contributed by atoms with Gasteiger partial charge < -0.3 is 20.5 Å². The second kappa shape index (κ2) is 5.58. The van der Waals surface area contributed by atoms with Crippen molar-refractivity contribution in [3.8, 4) is 0 Å². The number of rotatable bonds is 4. The van der Waals surface area contributed by atoms with Crippen molar-refractivity contribution in [2.24, 2.45) is 12.8 Å². The van der Waals surface area contributed by atoms with E-state index in [1.54, 1.807) is 4.68 Å². The van der Waals surface area contributed by atoms with E-state index in [0.29, 0.717) is 19.6 Å². The van der Waals surface area contributed by atoms with E-state index in [1.807, 2.05) is 14.0 Å². The molecular formula is C12H20N4O3. The van der Waals surface area contributed by atoms with E-state index in [-0.39, 0.29) is 0 Å². The second-order valence-corrected chi connectivity index (χ2v) is 4.76. The SMILES string of the molecule is Cc1nn(C)c(N2CCOCC2)c1CC(N)C(=O)O. The number of aliphatic carboxylic acids is 1. The van der Waals surface area contributed by atoms with Crippen LogP contribution in [-0.2, 0) is 23.0 Å². The van der Waals surface area contributed by atoms with Gasteiger partial charge in [-0.05, 0) is 6.92 Å². The lowest BCUT2D eigenvalue weighted by molar-refractivity contribution is -0.138. The first kappa shape index (κ1) is 13.8. The molecule has 1 aliphatic heterocycles. The summed E-state index contributed by atoms with van der Waals surface area (Å²) in [7, 11) is 1.87. The zero-order chi connectivity index (χ0) is 14.0. The molecule has 1 saturated heterocycles. The number of carboxylic acids is 1. The quantitative estimate of drug-likeness (QED) is 0.766. The van der Waals surface area contributed by atoms with Crippen molar-refractivity contribution >= 4 is 11.8 Å². The van der Waals surface area contributed by atoms with Crippen LogP contribution in [0.5, 0.6) is 0 Å². The minimum atomic E-state index is -0.990. The number of anilines is 1. The van der Waals surface area contributed by atoms with Crippen molar-refractivity contribution in [2.45, 2.75) is 19.4 Å². The third-order valence-corrected chi connectivity index (χ3v) is 3.37. The van der Waals surface area contributed by atoms with Crippen LogP contribution in [0.25, 0.3) is 0 Å². The number of nitrogens with zero attached hydrogens (tertiary/aromatic N) is 3. The molecule has 19 heavy (non-hydrogen) atoms. The minimum absolute atomic E-state index is 0.293. The van der Waals surface area contributed by atoms with Crippen molar-refractivity contribution in [3.63, 3.8) is 0 Å².